The molecule has 1 atom stereocenters. The third kappa shape index (κ3) is 4.84. The Morgan fingerprint density at radius 1 is 1.00 bits per heavy atom. The molecule has 0 saturated heterocycles. The van der Waals surface area contributed by atoms with E-state index >= 15 is 0 Å². The average molecular weight is 352 g/mol. The van der Waals surface area contributed by atoms with Crippen molar-refractivity contribution in [3.8, 4) is 0 Å². The molecule has 140 valence electrons. The Morgan fingerprint density at radius 2 is 1.56 bits per heavy atom. The molecule has 0 aliphatic carbocycles. The number of amides is 1. The van der Waals surface area contributed by atoms with E-state index in [2.05, 4.69) is 4.98 Å². The largest absolute Gasteiger partial charge is 0.459 e. The van der Waals surface area contributed by atoms with Gasteiger partial charge in [0, 0.05) is 18.8 Å². The fourth-order valence-electron chi connectivity index (χ4n) is 2.60. The van der Waals surface area contributed by atoms with Crippen molar-refractivity contribution >= 4 is 17.8 Å². The molecule has 25 heavy (non-hydrogen) atoms. The molecule has 1 heterocycles. The maximum absolute atomic E-state index is 12.4. The van der Waals surface area contributed by atoms with E-state index in [4.69, 9.17) is 9.47 Å². The van der Waals surface area contributed by atoms with Crippen molar-refractivity contribution in [3.05, 3.63) is 22.5 Å². The summed E-state index contributed by atoms with van der Waals surface area (Å²) < 4.78 is 10.5. The first-order valence-corrected chi connectivity index (χ1v) is 8.53. The highest BCUT2D eigenvalue weighted by Gasteiger charge is 2.28. The Hall–Kier alpha value is -2.31. The van der Waals surface area contributed by atoms with Crippen molar-refractivity contribution < 1.29 is 23.9 Å². The van der Waals surface area contributed by atoms with Gasteiger partial charge in [0.05, 0.1) is 11.7 Å². The van der Waals surface area contributed by atoms with E-state index in [1.54, 1.807) is 32.6 Å². The summed E-state index contributed by atoms with van der Waals surface area (Å²) in [5, 5.41) is 0. The van der Waals surface area contributed by atoms with Crippen molar-refractivity contribution in [2.75, 3.05) is 13.1 Å². The van der Waals surface area contributed by atoms with E-state index in [0.29, 0.717) is 29.9 Å². The molecule has 0 aliphatic heterocycles. The second kappa shape index (κ2) is 8.69. The minimum atomic E-state index is -0.901. The maximum atomic E-state index is 12.4. The molecule has 0 aliphatic rings. The second-order valence-electron chi connectivity index (χ2n) is 6.14. The number of nitrogens with zero attached hydrogens (tertiary/aromatic N) is 1. The summed E-state index contributed by atoms with van der Waals surface area (Å²) in [5.41, 5.74) is 1.46. The number of ether oxygens (including phenoxy) is 2. The normalized spacial score (nSPS) is 12.0. The number of carbonyl (C=O) groups excluding carboxylic acids is 3. The van der Waals surface area contributed by atoms with Crippen molar-refractivity contribution in [3.63, 3.8) is 0 Å². The average Bonchev–Trinajstić information content (AvgIpc) is 2.82. The molecular formula is C18H28N2O5. The summed E-state index contributed by atoms with van der Waals surface area (Å²) >= 11 is 0. The molecule has 0 saturated carbocycles. The summed E-state index contributed by atoms with van der Waals surface area (Å²) in [4.78, 5) is 41.3. The summed E-state index contributed by atoms with van der Waals surface area (Å²) in [6.07, 6.45) is -1.16. The third-order valence-corrected chi connectivity index (χ3v) is 3.90. The van der Waals surface area contributed by atoms with Crippen LogP contribution in [0.3, 0.4) is 0 Å². The van der Waals surface area contributed by atoms with Crippen LogP contribution in [0.2, 0.25) is 0 Å². The lowest BCUT2D eigenvalue weighted by atomic mass is 10.1. The molecule has 7 heteroatoms. The van der Waals surface area contributed by atoms with E-state index in [1.165, 1.54) is 6.92 Å². The molecule has 1 N–H and O–H groups in total. The molecular weight excluding hydrogens is 324 g/mol. The first-order chi connectivity index (χ1) is 11.6. The molecule has 0 radical (unpaired) electrons. The lowest BCUT2D eigenvalue weighted by Crippen LogP contribution is -2.39. The van der Waals surface area contributed by atoms with Gasteiger partial charge in [0.15, 0.2) is 6.10 Å². The van der Waals surface area contributed by atoms with Crippen LogP contribution < -0.4 is 0 Å². The van der Waals surface area contributed by atoms with Gasteiger partial charge in [-0.25, -0.2) is 9.59 Å². The molecule has 0 spiro atoms. The van der Waals surface area contributed by atoms with Crippen molar-refractivity contribution in [2.45, 2.75) is 60.7 Å². The molecule has 1 aromatic rings. The molecule has 1 amide bonds. The molecule has 0 fully saturated rings. The molecule has 7 nitrogen and oxygen atoms in total. The molecule has 0 bridgehead atoms. The number of carbonyl (C=O) groups is 3. The van der Waals surface area contributed by atoms with Gasteiger partial charge in [0.25, 0.3) is 5.91 Å². The lowest BCUT2D eigenvalue weighted by molar-refractivity contribution is -0.139. The number of hydrogen-bond acceptors (Lipinski definition) is 5. The van der Waals surface area contributed by atoms with Crippen LogP contribution in [0.1, 0.15) is 66.7 Å². The SMILES string of the molecule is CCN(CC)C(=O)C(C)OC(=O)c1[nH]c(C)c(C(=O)OC(C)C)c1C. The van der Waals surface area contributed by atoms with E-state index in [1.807, 2.05) is 13.8 Å². The van der Waals surface area contributed by atoms with E-state index in [9.17, 15) is 14.4 Å². The predicted molar refractivity (Wildman–Crippen MR) is 93.6 cm³/mol. The van der Waals surface area contributed by atoms with Crippen LogP contribution in [0.4, 0.5) is 0 Å². The standard InChI is InChI=1S/C18H28N2O5/c1-8-20(9-2)16(21)13(7)25-18(23)15-11(5)14(12(6)19-15)17(22)24-10(3)4/h10,13,19H,8-9H2,1-7H3. The fourth-order valence-corrected chi connectivity index (χ4v) is 2.60. The predicted octanol–water partition coefficient (Wildman–Crippen LogP) is 2.61. The third-order valence-electron chi connectivity index (χ3n) is 3.90. The van der Waals surface area contributed by atoms with Gasteiger partial charge in [-0.2, -0.15) is 0 Å². The monoisotopic (exact) mass is 352 g/mol. The van der Waals surface area contributed by atoms with Crippen LogP contribution >= 0.6 is 0 Å². The first-order valence-electron chi connectivity index (χ1n) is 8.53. The van der Waals surface area contributed by atoms with Gasteiger partial charge in [-0.15, -0.1) is 0 Å². The molecule has 0 aromatic carbocycles. The van der Waals surface area contributed by atoms with Crippen LogP contribution in [0.5, 0.6) is 0 Å². The number of aromatic nitrogens is 1. The minimum absolute atomic E-state index is 0.160. The second-order valence-corrected chi connectivity index (χ2v) is 6.14. The Labute approximate surface area is 148 Å². The minimum Gasteiger partial charge on any atom is -0.459 e. The number of nitrogens with one attached hydrogen (secondary N) is 1. The van der Waals surface area contributed by atoms with Crippen molar-refractivity contribution in [2.24, 2.45) is 0 Å². The van der Waals surface area contributed by atoms with Gasteiger partial charge < -0.3 is 19.4 Å². The quantitative estimate of drug-likeness (QED) is 0.762. The number of H-pyrrole nitrogens is 1. The highest BCUT2D eigenvalue weighted by Crippen LogP contribution is 2.21. The molecule has 1 unspecified atom stereocenters. The van der Waals surface area contributed by atoms with Gasteiger partial charge >= 0.3 is 11.9 Å². The Balaban J connectivity index is 2.97. The number of aryl methyl sites for hydroxylation is 1. The van der Waals surface area contributed by atoms with E-state index in [0.717, 1.165) is 0 Å². The van der Waals surface area contributed by atoms with Crippen molar-refractivity contribution in [1.29, 1.82) is 0 Å². The number of esters is 2. The van der Waals surface area contributed by atoms with E-state index in [-0.39, 0.29) is 17.7 Å². The van der Waals surface area contributed by atoms with Gasteiger partial charge in [0.2, 0.25) is 0 Å². The maximum Gasteiger partial charge on any atom is 0.355 e. The molecule has 1 rings (SSSR count). The summed E-state index contributed by atoms with van der Waals surface area (Å²) in [5.74, 6) is -1.41. The smallest absolute Gasteiger partial charge is 0.355 e. The number of rotatable bonds is 7. The number of aromatic amines is 1. The highest BCUT2D eigenvalue weighted by molar-refractivity contribution is 5.99. The Kier molecular flexibility index (Phi) is 7.21. The molecule has 1 aromatic heterocycles. The van der Waals surface area contributed by atoms with E-state index < -0.39 is 18.0 Å². The summed E-state index contributed by atoms with van der Waals surface area (Å²) in [6.45, 7) is 13.2. The lowest BCUT2D eigenvalue weighted by Gasteiger charge is -2.22. The van der Waals surface area contributed by atoms with Crippen LogP contribution in [-0.4, -0.2) is 53.0 Å². The summed E-state index contributed by atoms with van der Waals surface area (Å²) in [7, 11) is 0. The van der Waals surface area contributed by atoms with Gasteiger partial charge in [-0.05, 0) is 54.0 Å². The van der Waals surface area contributed by atoms with Crippen LogP contribution in [0.25, 0.3) is 0 Å². The zero-order valence-corrected chi connectivity index (χ0v) is 16.1. The number of likely N-dealkylation sites (N-methyl/N-ethyl adjacent to an activating group) is 1. The van der Waals surface area contributed by atoms with Gasteiger partial charge in [0.1, 0.15) is 5.69 Å². The highest BCUT2D eigenvalue weighted by atomic mass is 16.6. The zero-order valence-electron chi connectivity index (χ0n) is 16.1. The first kappa shape index (κ1) is 20.7. The van der Waals surface area contributed by atoms with Crippen LogP contribution in [0, 0.1) is 13.8 Å². The van der Waals surface area contributed by atoms with Crippen molar-refractivity contribution in [1.82, 2.24) is 9.88 Å². The van der Waals surface area contributed by atoms with Crippen LogP contribution in [0.15, 0.2) is 0 Å². The summed E-state index contributed by atoms with van der Waals surface area (Å²) in [6, 6.07) is 0. The fraction of sp³-hybridized carbons (Fsp3) is 0.611. The topological polar surface area (TPSA) is 88.7 Å². The van der Waals surface area contributed by atoms with Crippen LogP contribution in [-0.2, 0) is 14.3 Å². The van der Waals surface area contributed by atoms with Gasteiger partial charge in [-0.3, -0.25) is 4.79 Å². The van der Waals surface area contributed by atoms with Gasteiger partial charge in [-0.1, -0.05) is 0 Å². The Morgan fingerprint density at radius 3 is 2.04 bits per heavy atom. The number of hydrogen-bond donors (Lipinski definition) is 1. The Bertz CT molecular complexity index is 644. The zero-order chi connectivity index (χ0) is 19.3.